The number of nitrogens with one attached hydrogen (secondary N) is 2. The number of benzene rings is 1. The quantitative estimate of drug-likeness (QED) is 0.573. The Morgan fingerprint density at radius 3 is 2.76 bits per heavy atom. The standard InChI is InChI=1S/C22H30N4O6S/c1-15(2)26-13-16(11-21(26)28)22(29)32-14-20(27)24-17-7-6-8-18(12-17)33(30,31)25-19-9-4-3-5-10-23-19/h6-8,12,15-16H,3-5,9-11,13-14H2,1-2H3,(H,23,25)(H,24,27). The van der Waals surface area contributed by atoms with E-state index in [4.69, 9.17) is 4.74 Å². The van der Waals surface area contributed by atoms with Crippen molar-refractivity contribution in [3.8, 4) is 0 Å². The number of rotatable bonds is 7. The molecule has 2 heterocycles. The van der Waals surface area contributed by atoms with Gasteiger partial charge in [0.2, 0.25) is 5.91 Å². The predicted molar refractivity (Wildman–Crippen MR) is 122 cm³/mol. The maximum Gasteiger partial charge on any atom is 0.311 e. The molecule has 0 saturated carbocycles. The van der Waals surface area contributed by atoms with Gasteiger partial charge >= 0.3 is 5.97 Å². The number of anilines is 1. The van der Waals surface area contributed by atoms with Crippen LogP contribution in [-0.2, 0) is 29.1 Å². The Balaban J connectivity index is 1.54. The molecule has 2 amide bonds. The summed E-state index contributed by atoms with van der Waals surface area (Å²) >= 11 is 0. The Morgan fingerprint density at radius 1 is 1.24 bits per heavy atom. The smallest absolute Gasteiger partial charge is 0.311 e. The first-order valence-corrected chi connectivity index (χ1v) is 12.6. The second-order valence-electron chi connectivity index (χ2n) is 8.47. The molecule has 1 aromatic rings. The molecule has 3 rings (SSSR count). The normalized spacial score (nSPS) is 19.1. The van der Waals surface area contributed by atoms with Crippen molar-refractivity contribution in [3.05, 3.63) is 24.3 Å². The number of ether oxygens (including phenoxy) is 1. The number of likely N-dealkylation sites (tertiary alicyclic amines) is 1. The second-order valence-corrected chi connectivity index (χ2v) is 10.2. The summed E-state index contributed by atoms with van der Waals surface area (Å²) in [4.78, 5) is 42.3. The zero-order chi connectivity index (χ0) is 24.0. The van der Waals surface area contributed by atoms with E-state index in [1.54, 1.807) is 4.90 Å². The van der Waals surface area contributed by atoms with Gasteiger partial charge in [-0.25, -0.2) is 8.42 Å². The van der Waals surface area contributed by atoms with Crippen LogP contribution in [0.4, 0.5) is 5.69 Å². The van der Waals surface area contributed by atoms with E-state index in [1.165, 1.54) is 24.3 Å². The highest BCUT2D eigenvalue weighted by Crippen LogP contribution is 2.21. The van der Waals surface area contributed by atoms with Gasteiger partial charge in [0.15, 0.2) is 6.61 Å². The number of esters is 1. The van der Waals surface area contributed by atoms with Crippen molar-refractivity contribution in [3.63, 3.8) is 0 Å². The van der Waals surface area contributed by atoms with E-state index in [-0.39, 0.29) is 35.5 Å². The first-order valence-electron chi connectivity index (χ1n) is 11.1. The van der Waals surface area contributed by atoms with Crippen LogP contribution < -0.4 is 10.0 Å². The van der Waals surface area contributed by atoms with Crippen molar-refractivity contribution in [1.82, 2.24) is 9.62 Å². The fraction of sp³-hybridized carbons (Fsp3) is 0.545. The molecule has 0 bridgehead atoms. The molecule has 0 aromatic heterocycles. The third-order valence-corrected chi connectivity index (χ3v) is 6.89. The van der Waals surface area contributed by atoms with Gasteiger partial charge in [0, 0.05) is 37.7 Å². The Morgan fingerprint density at radius 2 is 2.03 bits per heavy atom. The van der Waals surface area contributed by atoms with Crippen molar-refractivity contribution in [2.45, 2.75) is 56.9 Å². The van der Waals surface area contributed by atoms with Crippen LogP contribution >= 0.6 is 0 Å². The van der Waals surface area contributed by atoms with E-state index in [0.717, 1.165) is 19.3 Å². The highest BCUT2D eigenvalue weighted by atomic mass is 32.2. The summed E-state index contributed by atoms with van der Waals surface area (Å²) in [6, 6.07) is 5.79. The van der Waals surface area contributed by atoms with E-state index < -0.39 is 34.4 Å². The van der Waals surface area contributed by atoms with E-state index in [1.807, 2.05) is 13.8 Å². The van der Waals surface area contributed by atoms with Crippen molar-refractivity contribution in [2.24, 2.45) is 10.9 Å². The van der Waals surface area contributed by atoms with Crippen LogP contribution in [0.2, 0.25) is 0 Å². The number of amides is 2. The molecular weight excluding hydrogens is 448 g/mol. The summed E-state index contributed by atoms with van der Waals surface area (Å²) in [5, 5.41) is 2.53. The Hall–Kier alpha value is -2.95. The summed E-state index contributed by atoms with van der Waals surface area (Å²) in [6.07, 6.45) is 3.46. The first kappa shape index (κ1) is 24.7. The minimum atomic E-state index is -3.84. The zero-order valence-electron chi connectivity index (χ0n) is 18.9. The van der Waals surface area contributed by atoms with Gasteiger partial charge in [0.25, 0.3) is 15.9 Å². The number of sulfonamides is 1. The molecule has 1 aromatic carbocycles. The average Bonchev–Trinajstić information content (AvgIpc) is 2.98. The largest absolute Gasteiger partial charge is 0.455 e. The minimum Gasteiger partial charge on any atom is -0.455 e. The van der Waals surface area contributed by atoms with Crippen LogP contribution in [0.15, 0.2) is 34.2 Å². The van der Waals surface area contributed by atoms with Crippen LogP contribution in [0.5, 0.6) is 0 Å². The van der Waals surface area contributed by atoms with Crippen LogP contribution in [0.25, 0.3) is 0 Å². The molecule has 11 heteroatoms. The van der Waals surface area contributed by atoms with Gasteiger partial charge in [0.1, 0.15) is 5.84 Å². The predicted octanol–water partition coefficient (Wildman–Crippen LogP) is 1.68. The van der Waals surface area contributed by atoms with E-state index in [9.17, 15) is 22.8 Å². The van der Waals surface area contributed by atoms with Gasteiger partial charge in [-0.15, -0.1) is 0 Å². The maximum atomic E-state index is 12.7. The number of nitrogens with zero attached hydrogens (tertiary/aromatic N) is 2. The molecule has 0 aliphatic carbocycles. The highest BCUT2D eigenvalue weighted by Gasteiger charge is 2.36. The highest BCUT2D eigenvalue weighted by molar-refractivity contribution is 7.90. The molecule has 33 heavy (non-hydrogen) atoms. The van der Waals surface area contributed by atoms with Gasteiger partial charge in [-0.05, 0) is 44.9 Å². The number of amidine groups is 1. The summed E-state index contributed by atoms with van der Waals surface area (Å²) in [6.45, 7) is 4.07. The number of carbonyl (C=O) groups excluding carboxylic acids is 3. The number of aliphatic imine (C=N–C) groups is 1. The zero-order valence-corrected chi connectivity index (χ0v) is 19.7. The first-order chi connectivity index (χ1) is 15.7. The fourth-order valence-electron chi connectivity index (χ4n) is 3.75. The lowest BCUT2D eigenvalue weighted by Gasteiger charge is -2.20. The summed E-state index contributed by atoms with van der Waals surface area (Å²) < 4.78 is 33.0. The summed E-state index contributed by atoms with van der Waals surface area (Å²) in [5.74, 6) is -1.48. The molecule has 0 spiro atoms. The topological polar surface area (TPSA) is 134 Å². The molecule has 0 radical (unpaired) electrons. The van der Waals surface area contributed by atoms with Gasteiger partial charge in [-0.2, -0.15) is 0 Å². The Labute approximate surface area is 193 Å². The van der Waals surface area contributed by atoms with Crippen LogP contribution in [0.3, 0.4) is 0 Å². The van der Waals surface area contributed by atoms with Crippen molar-refractivity contribution < 1.29 is 27.5 Å². The maximum absolute atomic E-state index is 12.7. The lowest BCUT2D eigenvalue weighted by atomic mass is 10.1. The third kappa shape index (κ3) is 6.77. The molecule has 10 nitrogen and oxygen atoms in total. The molecule has 1 atom stereocenters. The summed E-state index contributed by atoms with van der Waals surface area (Å²) in [5.41, 5.74) is 0.253. The van der Waals surface area contributed by atoms with Gasteiger partial charge in [-0.3, -0.25) is 24.1 Å². The average molecular weight is 479 g/mol. The van der Waals surface area contributed by atoms with E-state index in [0.29, 0.717) is 18.8 Å². The SMILES string of the molecule is CC(C)N1CC(C(=O)OCC(=O)Nc2cccc(S(=O)(=O)NC3=NCCCCC3)c2)CC1=O. The van der Waals surface area contributed by atoms with Crippen LogP contribution in [0.1, 0.15) is 46.0 Å². The molecule has 180 valence electrons. The van der Waals surface area contributed by atoms with Gasteiger partial charge in [0.05, 0.1) is 10.8 Å². The monoisotopic (exact) mass is 478 g/mol. The van der Waals surface area contributed by atoms with Gasteiger partial charge in [-0.1, -0.05) is 12.5 Å². The number of hydrogen-bond donors (Lipinski definition) is 2. The van der Waals surface area contributed by atoms with E-state index in [2.05, 4.69) is 15.0 Å². The van der Waals surface area contributed by atoms with E-state index >= 15 is 0 Å². The van der Waals surface area contributed by atoms with Crippen LogP contribution in [0, 0.1) is 5.92 Å². The molecule has 2 N–H and O–H groups in total. The minimum absolute atomic E-state index is 0.00808. The second kappa shape index (κ2) is 10.8. The molecule has 2 aliphatic heterocycles. The van der Waals surface area contributed by atoms with Crippen molar-refractivity contribution >= 4 is 39.3 Å². The fourth-order valence-corrected chi connectivity index (χ4v) is 4.89. The Bertz CT molecular complexity index is 1040. The molecule has 2 aliphatic rings. The van der Waals surface area contributed by atoms with Gasteiger partial charge < -0.3 is 15.0 Å². The molecular formula is C22H30N4O6S. The third-order valence-electron chi connectivity index (χ3n) is 5.52. The lowest BCUT2D eigenvalue weighted by molar-refractivity contribution is -0.151. The molecule has 1 unspecified atom stereocenters. The molecule has 1 fully saturated rings. The lowest BCUT2D eigenvalue weighted by Crippen LogP contribution is -2.33. The number of carbonyl (C=O) groups is 3. The van der Waals surface area contributed by atoms with Crippen molar-refractivity contribution in [2.75, 3.05) is 25.0 Å². The Kier molecular flexibility index (Phi) is 8.06. The summed E-state index contributed by atoms with van der Waals surface area (Å²) in [7, 11) is -3.84. The van der Waals surface area contributed by atoms with Crippen molar-refractivity contribution in [1.29, 1.82) is 0 Å². The van der Waals surface area contributed by atoms with Crippen LogP contribution in [-0.4, -0.2) is 62.7 Å². The molecule has 1 saturated heterocycles. The number of hydrogen-bond acceptors (Lipinski definition) is 7.